The molecule has 2 aromatic heterocycles. The van der Waals surface area contributed by atoms with Gasteiger partial charge in [0.2, 0.25) is 5.91 Å². The Kier molecular flexibility index (Phi) is 5.43. The third-order valence-electron chi connectivity index (χ3n) is 5.97. The molecule has 1 aliphatic heterocycles. The molecule has 1 amide bonds. The summed E-state index contributed by atoms with van der Waals surface area (Å²) in [5.41, 5.74) is 5.58. The van der Waals surface area contributed by atoms with E-state index < -0.39 is 0 Å². The van der Waals surface area contributed by atoms with Crippen molar-refractivity contribution in [3.8, 4) is 10.6 Å². The van der Waals surface area contributed by atoms with Crippen molar-refractivity contribution >= 4 is 17.2 Å². The molecule has 5 heteroatoms. The van der Waals surface area contributed by atoms with Crippen molar-refractivity contribution in [3.05, 3.63) is 101 Å². The topological polar surface area (TPSA) is 38.1 Å². The Balaban J connectivity index is 1.38. The largest absolute Gasteiger partial charge is 0.348 e. The third-order valence-corrected chi connectivity index (χ3v) is 6.91. The number of nitrogens with zero attached hydrogens (tertiary/aromatic N) is 3. The Bertz CT molecular complexity index is 1180. The first-order valence-corrected chi connectivity index (χ1v) is 11.6. The van der Waals surface area contributed by atoms with Crippen LogP contribution in [0, 0.1) is 0 Å². The molecule has 0 radical (unpaired) electrons. The number of hydrogen-bond acceptors (Lipinski definition) is 3. The monoisotopic (exact) mass is 427 g/mol. The van der Waals surface area contributed by atoms with Gasteiger partial charge < -0.3 is 9.47 Å². The lowest BCUT2D eigenvalue weighted by atomic mass is 9.99. The molecule has 4 nitrogen and oxygen atoms in total. The number of carbonyl (C=O) groups is 1. The van der Waals surface area contributed by atoms with Crippen LogP contribution in [-0.2, 0) is 24.2 Å². The number of fused-ring (bicyclic) bond motifs is 1. The van der Waals surface area contributed by atoms with Crippen molar-refractivity contribution in [2.75, 3.05) is 6.54 Å². The second-order valence-electron chi connectivity index (χ2n) is 7.90. The molecule has 1 atom stereocenters. The van der Waals surface area contributed by atoms with Crippen molar-refractivity contribution < 1.29 is 4.79 Å². The van der Waals surface area contributed by atoms with Crippen molar-refractivity contribution in [1.82, 2.24) is 14.5 Å². The average molecular weight is 428 g/mol. The standard InChI is InChI=1S/C26H25N3OS/c1-2-19-10-12-21(13-11-19)26-27-22(18-31-26)17-24(30)29-16-15-28-14-6-9-23(28)25(29)20-7-4-3-5-8-20/h3-14,18,25H,2,15-17H2,1H3. The summed E-state index contributed by atoms with van der Waals surface area (Å²) in [6.45, 7) is 3.68. The Morgan fingerprint density at radius 2 is 1.84 bits per heavy atom. The molecule has 0 saturated carbocycles. The molecule has 5 rings (SSSR count). The molecule has 2 aromatic carbocycles. The molecular weight excluding hydrogens is 402 g/mol. The molecule has 4 aromatic rings. The summed E-state index contributed by atoms with van der Waals surface area (Å²) in [6, 6.07) is 23.0. The van der Waals surface area contributed by atoms with Crippen molar-refractivity contribution in [3.63, 3.8) is 0 Å². The average Bonchev–Trinajstić information content (AvgIpc) is 3.48. The van der Waals surface area contributed by atoms with Crippen LogP contribution in [0.3, 0.4) is 0 Å². The van der Waals surface area contributed by atoms with E-state index in [0.29, 0.717) is 13.0 Å². The Labute approximate surface area is 186 Å². The molecule has 0 fully saturated rings. The van der Waals surface area contributed by atoms with Gasteiger partial charge in [-0.25, -0.2) is 4.98 Å². The SMILES string of the molecule is CCc1ccc(-c2nc(CC(=O)N3CCn4cccc4C3c3ccccc3)cs2)cc1. The van der Waals surface area contributed by atoms with E-state index in [2.05, 4.69) is 66.2 Å². The maximum Gasteiger partial charge on any atom is 0.229 e. The maximum absolute atomic E-state index is 13.4. The summed E-state index contributed by atoms with van der Waals surface area (Å²) >= 11 is 1.61. The number of benzene rings is 2. The van der Waals surface area contributed by atoms with Crippen LogP contribution >= 0.6 is 11.3 Å². The first kappa shape index (κ1) is 19.8. The van der Waals surface area contributed by atoms with Gasteiger partial charge in [0.15, 0.2) is 0 Å². The number of thiazole rings is 1. The molecule has 31 heavy (non-hydrogen) atoms. The fourth-order valence-corrected chi connectivity index (χ4v) is 5.12. The minimum absolute atomic E-state index is 0.0582. The van der Waals surface area contributed by atoms with Crippen LogP contribution in [0.1, 0.15) is 35.5 Å². The summed E-state index contributed by atoms with van der Waals surface area (Å²) in [5, 5.41) is 2.99. The first-order chi connectivity index (χ1) is 15.2. The van der Waals surface area contributed by atoms with E-state index in [9.17, 15) is 4.79 Å². The lowest BCUT2D eigenvalue weighted by Crippen LogP contribution is -2.43. The second kappa shape index (κ2) is 8.52. The molecule has 0 spiro atoms. The molecule has 0 N–H and O–H groups in total. The summed E-state index contributed by atoms with van der Waals surface area (Å²) < 4.78 is 2.25. The summed E-state index contributed by atoms with van der Waals surface area (Å²) in [5.74, 6) is 0.125. The smallest absolute Gasteiger partial charge is 0.229 e. The molecule has 0 aliphatic carbocycles. The van der Waals surface area contributed by atoms with Crippen LogP contribution in [0.4, 0.5) is 0 Å². The summed E-state index contributed by atoms with van der Waals surface area (Å²) in [4.78, 5) is 20.2. The van der Waals surface area contributed by atoms with E-state index in [1.807, 2.05) is 28.5 Å². The van der Waals surface area contributed by atoms with Gasteiger partial charge in [-0.05, 0) is 29.7 Å². The fraction of sp³-hybridized carbons (Fsp3) is 0.231. The molecule has 1 unspecified atom stereocenters. The molecule has 1 aliphatic rings. The number of aromatic nitrogens is 2. The van der Waals surface area contributed by atoms with Crippen molar-refractivity contribution in [1.29, 1.82) is 0 Å². The lowest BCUT2D eigenvalue weighted by Gasteiger charge is -2.37. The Hall–Kier alpha value is -3.18. The van der Waals surface area contributed by atoms with Gasteiger partial charge in [-0.3, -0.25) is 4.79 Å². The van der Waals surface area contributed by atoms with Crippen LogP contribution in [-0.4, -0.2) is 26.9 Å². The van der Waals surface area contributed by atoms with Gasteiger partial charge in [-0.2, -0.15) is 0 Å². The molecule has 0 bridgehead atoms. The number of carbonyl (C=O) groups excluding carboxylic acids is 1. The van der Waals surface area contributed by atoms with E-state index in [0.717, 1.165) is 34.8 Å². The highest BCUT2D eigenvalue weighted by Crippen LogP contribution is 2.33. The van der Waals surface area contributed by atoms with Crippen LogP contribution in [0.2, 0.25) is 0 Å². The minimum atomic E-state index is -0.0582. The summed E-state index contributed by atoms with van der Waals surface area (Å²) in [6.07, 6.45) is 3.46. The first-order valence-electron chi connectivity index (χ1n) is 10.8. The van der Waals surface area contributed by atoms with Crippen LogP contribution in [0.5, 0.6) is 0 Å². The highest BCUT2D eigenvalue weighted by atomic mass is 32.1. The Morgan fingerprint density at radius 1 is 1.03 bits per heavy atom. The second-order valence-corrected chi connectivity index (χ2v) is 8.76. The summed E-state index contributed by atoms with van der Waals surface area (Å²) in [7, 11) is 0. The number of aryl methyl sites for hydroxylation is 1. The van der Waals surface area contributed by atoms with Gasteiger partial charge in [0.05, 0.1) is 18.2 Å². The molecular formula is C26H25N3OS. The van der Waals surface area contributed by atoms with Gasteiger partial charge in [-0.15, -0.1) is 11.3 Å². The fourth-order valence-electron chi connectivity index (χ4n) is 4.30. The van der Waals surface area contributed by atoms with Crippen LogP contribution in [0.25, 0.3) is 10.6 Å². The van der Waals surface area contributed by atoms with E-state index in [1.165, 1.54) is 11.3 Å². The highest BCUT2D eigenvalue weighted by Gasteiger charge is 2.32. The normalized spacial score (nSPS) is 15.6. The predicted octanol–water partition coefficient (Wildman–Crippen LogP) is 5.35. The van der Waals surface area contributed by atoms with Crippen LogP contribution in [0.15, 0.2) is 78.3 Å². The zero-order valence-electron chi connectivity index (χ0n) is 17.6. The van der Waals surface area contributed by atoms with Crippen LogP contribution < -0.4 is 0 Å². The van der Waals surface area contributed by atoms with E-state index in [4.69, 9.17) is 4.98 Å². The minimum Gasteiger partial charge on any atom is -0.348 e. The van der Waals surface area contributed by atoms with Gasteiger partial charge in [-0.1, -0.05) is 61.5 Å². The third kappa shape index (κ3) is 3.93. The number of amides is 1. The zero-order chi connectivity index (χ0) is 21.2. The number of hydrogen-bond donors (Lipinski definition) is 0. The molecule has 0 saturated heterocycles. The van der Waals surface area contributed by atoms with Gasteiger partial charge in [0.1, 0.15) is 5.01 Å². The van der Waals surface area contributed by atoms with E-state index in [1.54, 1.807) is 11.3 Å². The van der Waals surface area contributed by atoms with E-state index in [-0.39, 0.29) is 11.9 Å². The van der Waals surface area contributed by atoms with Gasteiger partial charge in [0.25, 0.3) is 0 Å². The molecule has 3 heterocycles. The molecule has 156 valence electrons. The number of rotatable bonds is 5. The van der Waals surface area contributed by atoms with E-state index >= 15 is 0 Å². The van der Waals surface area contributed by atoms with Crippen molar-refractivity contribution in [2.24, 2.45) is 0 Å². The lowest BCUT2D eigenvalue weighted by molar-refractivity contribution is -0.133. The van der Waals surface area contributed by atoms with Gasteiger partial charge >= 0.3 is 0 Å². The maximum atomic E-state index is 13.4. The highest BCUT2D eigenvalue weighted by molar-refractivity contribution is 7.13. The zero-order valence-corrected chi connectivity index (χ0v) is 18.4. The predicted molar refractivity (Wildman–Crippen MR) is 125 cm³/mol. The quantitative estimate of drug-likeness (QED) is 0.431. The van der Waals surface area contributed by atoms with Crippen molar-refractivity contribution in [2.45, 2.75) is 32.4 Å². The Morgan fingerprint density at radius 3 is 2.61 bits per heavy atom. The van der Waals surface area contributed by atoms with Gasteiger partial charge in [0, 0.05) is 35.9 Å².